The van der Waals surface area contributed by atoms with Crippen LogP contribution in [0.4, 0.5) is 0 Å². The van der Waals surface area contributed by atoms with E-state index < -0.39 is 0 Å². The van der Waals surface area contributed by atoms with E-state index in [2.05, 4.69) is 35.2 Å². The third kappa shape index (κ3) is 3.49. The Morgan fingerprint density at radius 2 is 2.24 bits per heavy atom. The molecule has 21 heavy (non-hydrogen) atoms. The van der Waals surface area contributed by atoms with Gasteiger partial charge < -0.3 is 5.32 Å². The van der Waals surface area contributed by atoms with E-state index in [4.69, 9.17) is 0 Å². The highest BCUT2D eigenvalue weighted by Gasteiger charge is 2.39. The topological polar surface area (TPSA) is 33.1 Å². The summed E-state index contributed by atoms with van der Waals surface area (Å²) in [6.07, 6.45) is 7.16. The predicted molar refractivity (Wildman–Crippen MR) is 86.2 cm³/mol. The van der Waals surface area contributed by atoms with Crippen LogP contribution in [0.1, 0.15) is 38.8 Å². The van der Waals surface area contributed by atoms with Gasteiger partial charge in [-0.2, -0.15) is 5.10 Å². The van der Waals surface area contributed by atoms with Crippen molar-refractivity contribution in [1.29, 1.82) is 0 Å². The first-order chi connectivity index (χ1) is 10.2. The second-order valence-corrected chi connectivity index (χ2v) is 7.00. The number of aromatic nitrogens is 2. The van der Waals surface area contributed by atoms with Crippen LogP contribution >= 0.6 is 0 Å². The van der Waals surface area contributed by atoms with E-state index in [-0.39, 0.29) is 0 Å². The third-order valence-corrected chi connectivity index (χ3v) is 5.56. The van der Waals surface area contributed by atoms with Crippen LogP contribution in [0.15, 0.2) is 12.3 Å². The van der Waals surface area contributed by atoms with Crippen molar-refractivity contribution in [2.45, 2.75) is 51.6 Å². The van der Waals surface area contributed by atoms with Crippen molar-refractivity contribution >= 4 is 0 Å². The molecule has 1 aliphatic heterocycles. The molecular weight excluding hydrogens is 260 g/mol. The minimum atomic E-state index is 0.663. The zero-order chi connectivity index (χ0) is 14.8. The highest BCUT2D eigenvalue weighted by molar-refractivity contribution is 5.02. The molecule has 1 saturated heterocycles. The van der Waals surface area contributed by atoms with E-state index >= 15 is 0 Å². The normalized spacial score (nSPS) is 28.7. The molecule has 1 aromatic heterocycles. The molecule has 0 bridgehead atoms. The SMILES string of the molecule is CCC(C)C1CN(CCc2ccnn2C)C(C2CC2)CN1. The number of rotatable bonds is 6. The van der Waals surface area contributed by atoms with Crippen LogP contribution < -0.4 is 5.32 Å². The molecule has 3 atom stereocenters. The Morgan fingerprint density at radius 3 is 2.86 bits per heavy atom. The Hall–Kier alpha value is -0.870. The Morgan fingerprint density at radius 1 is 1.43 bits per heavy atom. The quantitative estimate of drug-likeness (QED) is 0.870. The molecule has 2 heterocycles. The van der Waals surface area contributed by atoms with Crippen molar-refractivity contribution in [3.8, 4) is 0 Å². The monoisotopic (exact) mass is 290 g/mol. The lowest BCUT2D eigenvalue weighted by molar-refractivity contribution is 0.0967. The van der Waals surface area contributed by atoms with E-state index in [0.717, 1.165) is 24.3 Å². The highest BCUT2D eigenvalue weighted by Crippen LogP contribution is 2.36. The van der Waals surface area contributed by atoms with E-state index in [1.54, 1.807) is 0 Å². The molecule has 1 aliphatic carbocycles. The fourth-order valence-corrected chi connectivity index (χ4v) is 3.63. The second kappa shape index (κ2) is 6.49. The van der Waals surface area contributed by atoms with Gasteiger partial charge in [0.25, 0.3) is 0 Å². The van der Waals surface area contributed by atoms with Gasteiger partial charge in [0, 0.05) is 57.1 Å². The van der Waals surface area contributed by atoms with Crippen LogP contribution in [0.25, 0.3) is 0 Å². The molecule has 0 spiro atoms. The molecule has 0 aromatic carbocycles. The lowest BCUT2D eigenvalue weighted by atomic mass is 9.94. The van der Waals surface area contributed by atoms with Crippen LogP contribution in [0.2, 0.25) is 0 Å². The number of hydrogen-bond acceptors (Lipinski definition) is 3. The predicted octanol–water partition coefficient (Wildman–Crippen LogP) is 2.06. The van der Waals surface area contributed by atoms with Gasteiger partial charge in [-0.05, 0) is 30.7 Å². The number of aryl methyl sites for hydroxylation is 1. The molecule has 1 aromatic rings. The molecule has 3 rings (SSSR count). The van der Waals surface area contributed by atoms with Crippen molar-refractivity contribution in [1.82, 2.24) is 20.0 Å². The summed E-state index contributed by atoms with van der Waals surface area (Å²) in [5.74, 6) is 1.71. The molecule has 4 heteroatoms. The summed E-state index contributed by atoms with van der Waals surface area (Å²) in [4.78, 5) is 2.76. The van der Waals surface area contributed by atoms with Crippen molar-refractivity contribution < 1.29 is 0 Å². The maximum absolute atomic E-state index is 4.29. The first-order valence-electron chi connectivity index (χ1n) is 8.63. The summed E-state index contributed by atoms with van der Waals surface area (Å²) in [6.45, 7) is 8.27. The number of nitrogens with zero attached hydrogens (tertiary/aromatic N) is 3. The summed E-state index contributed by atoms with van der Waals surface area (Å²) < 4.78 is 2.01. The molecule has 1 saturated carbocycles. The Labute approximate surface area is 128 Å². The maximum atomic E-state index is 4.29. The van der Waals surface area contributed by atoms with Gasteiger partial charge in [-0.1, -0.05) is 20.3 Å². The molecule has 2 aliphatic rings. The molecule has 3 unspecified atom stereocenters. The van der Waals surface area contributed by atoms with E-state index in [1.165, 1.54) is 44.6 Å². The summed E-state index contributed by atoms with van der Waals surface area (Å²) in [5, 5.41) is 8.11. The zero-order valence-corrected chi connectivity index (χ0v) is 13.8. The van der Waals surface area contributed by atoms with Gasteiger partial charge in [-0.25, -0.2) is 0 Å². The smallest absolute Gasteiger partial charge is 0.0492 e. The fourth-order valence-electron chi connectivity index (χ4n) is 3.63. The zero-order valence-electron chi connectivity index (χ0n) is 13.8. The van der Waals surface area contributed by atoms with Gasteiger partial charge >= 0.3 is 0 Å². The standard InChI is InChI=1S/C17H30N4/c1-4-13(2)16-12-21(17(11-18-16)14-5-6-14)10-8-15-7-9-19-20(15)3/h7,9,13-14,16-18H,4-6,8,10-12H2,1-3H3. The number of nitrogens with one attached hydrogen (secondary N) is 1. The van der Waals surface area contributed by atoms with Gasteiger partial charge in [-0.3, -0.25) is 9.58 Å². The van der Waals surface area contributed by atoms with Crippen LogP contribution in [-0.4, -0.2) is 46.4 Å². The Balaban J connectivity index is 1.61. The molecule has 118 valence electrons. The molecule has 0 amide bonds. The molecule has 4 nitrogen and oxygen atoms in total. The van der Waals surface area contributed by atoms with E-state index in [1.807, 2.05) is 17.9 Å². The van der Waals surface area contributed by atoms with Gasteiger partial charge in [-0.15, -0.1) is 0 Å². The van der Waals surface area contributed by atoms with Gasteiger partial charge in [0.1, 0.15) is 0 Å². The molecule has 0 radical (unpaired) electrons. The van der Waals surface area contributed by atoms with E-state index in [0.29, 0.717) is 6.04 Å². The van der Waals surface area contributed by atoms with Crippen LogP contribution in [0, 0.1) is 11.8 Å². The number of hydrogen-bond donors (Lipinski definition) is 1. The van der Waals surface area contributed by atoms with Crippen LogP contribution in [-0.2, 0) is 13.5 Å². The highest BCUT2D eigenvalue weighted by atomic mass is 15.3. The van der Waals surface area contributed by atoms with Crippen molar-refractivity contribution in [3.63, 3.8) is 0 Å². The van der Waals surface area contributed by atoms with Gasteiger partial charge in [0.2, 0.25) is 0 Å². The summed E-state index contributed by atoms with van der Waals surface area (Å²) in [5.41, 5.74) is 1.35. The second-order valence-electron chi connectivity index (χ2n) is 7.00. The average molecular weight is 290 g/mol. The molecular formula is C17H30N4. The van der Waals surface area contributed by atoms with Crippen molar-refractivity contribution in [3.05, 3.63) is 18.0 Å². The summed E-state index contributed by atoms with van der Waals surface area (Å²) >= 11 is 0. The molecule has 1 N–H and O–H groups in total. The Kier molecular flexibility index (Phi) is 4.65. The summed E-state index contributed by atoms with van der Waals surface area (Å²) in [6, 6.07) is 3.58. The average Bonchev–Trinajstić information content (AvgIpc) is 3.27. The van der Waals surface area contributed by atoms with E-state index in [9.17, 15) is 0 Å². The first-order valence-corrected chi connectivity index (χ1v) is 8.63. The third-order valence-electron chi connectivity index (χ3n) is 5.56. The first kappa shape index (κ1) is 15.0. The Bertz CT molecular complexity index is 451. The number of piperazine rings is 1. The summed E-state index contributed by atoms with van der Waals surface area (Å²) in [7, 11) is 2.05. The van der Waals surface area contributed by atoms with Crippen LogP contribution in [0.5, 0.6) is 0 Å². The molecule has 2 fully saturated rings. The maximum Gasteiger partial charge on any atom is 0.0492 e. The largest absolute Gasteiger partial charge is 0.311 e. The minimum absolute atomic E-state index is 0.663. The lowest BCUT2D eigenvalue weighted by Crippen LogP contribution is -2.59. The van der Waals surface area contributed by atoms with Crippen LogP contribution in [0.3, 0.4) is 0 Å². The fraction of sp³-hybridized carbons (Fsp3) is 0.824. The van der Waals surface area contributed by atoms with Gasteiger partial charge in [0.05, 0.1) is 0 Å². The van der Waals surface area contributed by atoms with Crippen molar-refractivity contribution in [2.24, 2.45) is 18.9 Å². The van der Waals surface area contributed by atoms with Gasteiger partial charge in [0.15, 0.2) is 0 Å². The van der Waals surface area contributed by atoms with Crippen molar-refractivity contribution in [2.75, 3.05) is 19.6 Å². The minimum Gasteiger partial charge on any atom is -0.311 e. The lowest BCUT2D eigenvalue weighted by Gasteiger charge is -2.42.